The predicted octanol–water partition coefficient (Wildman–Crippen LogP) is 6.08. The first-order chi connectivity index (χ1) is 18.0. The number of amides is 2. The van der Waals surface area contributed by atoms with Crippen molar-refractivity contribution >= 4 is 34.0 Å². The minimum Gasteiger partial charge on any atom is -0.318 e. The maximum atomic E-state index is 13.8. The van der Waals surface area contributed by atoms with Gasteiger partial charge in [-0.05, 0) is 60.4 Å². The molecule has 1 saturated heterocycles. The number of halogens is 1. The second-order valence-electron chi connectivity index (χ2n) is 10.1. The Balaban J connectivity index is 1.27. The Labute approximate surface area is 223 Å². The maximum Gasteiger partial charge on any atom is 0.254 e. The molecule has 182 valence electrons. The number of imide groups is 1. The van der Waals surface area contributed by atoms with Crippen LogP contribution in [-0.2, 0) is 9.59 Å². The van der Waals surface area contributed by atoms with Gasteiger partial charge in [0.05, 0.1) is 18.1 Å². The molecule has 1 fully saturated rings. The summed E-state index contributed by atoms with van der Waals surface area (Å²) in [5.41, 5.74) is 8.62. The summed E-state index contributed by atoms with van der Waals surface area (Å²) in [5.74, 6) is -1.50. The monoisotopic (exact) mass is 549 g/mol. The molecule has 3 aliphatic carbocycles. The normalized spacial score (nSPS) is 23.5. The van der Waals surface area contributed by atoms with Crippen LogP contribution in [0, 0.1) is 25.7 Å². The van der Waals surface area contributed by atoms with E-state index in [1.807, 2.05) is 56.3 Å². The first-order valence-corrected chi connectivity index (χ1v) is 13.3. The zero-order chi connectivity index (χ0) is 25.4. The van der Waals surface area contributed by atoms with Crippen LogP contribution in [0.25, 0.3) is 5.69 Å². The topological polar surface area (TPSA) is 54.7 Å². The van der Waals surface area contributed by atoms with Crippen LogP contribution < -0.4 is 0 Å². The number of aromatic nitrogens is 1. The fourth-order valence-electron chi connectivity index (χ4n) is 6.83. The average Bonchev–Trinajstić information content (AvgIpc) is 3.34. The number of nitrogens with zero attached hydrogens (tertiary/aromatic N) is 3. The van der Waals surface area contributed by atoms with E-state index < -0.39 is 11.8 Å². The molecule has 0 unspecified atom stereocenters. The van der Waals surface area contributed by atoms with Gasteiger partial charge in [-0.1, -0.05) is 70.5 Å². The van der Waals surface area contributed by atoms with Gasteiger partial charge in [-0.2, -0.15) is 10.1 Å². The van der Waals surface area contributed by atoms with E-state index in [9.17, 15) is 9.59 Å². The van der Waals surface area contributed by atoms with Gasteiger partial charge in [0.1, 0.15) is 0 Å². The number of rotatable bonds is 3. The summed E-state index contributed by atoms with van der Waals surface area (Å²) < 4.78 is 3.15. The first kappa shape index (κ1) is 22.4. The Kier molecular flexibility index (Phi) is 4.92. The third-order valence-corrected chi connectivity index (χ3v) is 8.77. The lowest BCUT2D eigenvalue weighted by Crippen LogP contribution is -2.41. The SMILES string of the molecule is Cc1cc(/C=N\N2C(=O)[C@@H]3C4c5ccccc5C(c5ccccc54)[C@H]3C2=O)c(C)n1-c1cccc(Br)c1. The van der Waals surface area contributed by atoms with Crippen LogP contribution in [0.1, 0.15) is 51.0 Å². The standard InChI is InChI=1S/C31H24BrN3O2/c1-17-14-19(18(2)34(17)21-9-7-8-20(32)15-21)16-33-35-30(36)28-26-22-10-3-4-11-23(22)27(29(28)31(35)37)25-13-6-5-12-24(25)26/h3-16,26-29H,1-2H3/b33-16-/t26?,27?,28-,29-/m1/s1. The van der Waals surface area contributed by atoms with Gasteiger partial charge in [-0.25, -0.2) is 0 Å². The van der Waals surface area contributed by atoms with Gasteiger partial charge in [0.25, 0.3) is 11.8 Å². The van der Waals surface area contributed by atoms with Crippen molar-refractivity contribution in [2.45, 2.75) is 25.7 Å². The molecule has 2 bridgehead atoms. The van der Waals surface area contributed by atoms with Crippen molar-refractivity contribution < 1.29 is 9.59 Å². The van der Waals surface area contributed by atoms with E-state index in [0.717, 1.165) is 54.4 Å². The van der Waals surface area contributed by atoms with Crippen LogP contribution in [0.5, 0.6) is 0 Å². The minimum atomic E-state index is -0.423. The van der Waals surface area contributed by atoms with Gasteiger partial charge in [-0.3, -0.25) is 9.59 Å². The fourth-order valence-corrected chi connectivity index (χ4v) is 7.21. The van der Waals surface area contributed by atoms with Gasteiger partial charge < -0.3 is 4.57 Å². The zero-order valence-corrected chi connectivity index (χ0v) is 22.0. The summed E-state index contributed by atoms with van der Waals surface area (Å²) in [7, 11) is 0. The highest BCUT2D eigenvalue weighted by molar-refractivity contribution is 9.10. The van der Waals surface area contributed by atoms with Crippen molar-refractivity contribution in [1.29, 1.82) is 0 Å². The van der Waals surface area contributed by atoms with Crippen molar-refractivity contribution in [3.8, 4) is 5.69 Å². The van der Waals surface area contributed by atoms with E-state index >= 15 is 0 Å². The van der Waals surface area contributed by atoms with Crippen molar-refractivity contribution in [3.05, 3.63) is 123 Å². The van der Waals surface area contributed by atoms with E-state index in [2.05, 4.69) is 62.0 Å². The van der Waals surface area contributed by atoms with Crippen molar-refractivity contribution in [2.24, 2.45) is 16.9 Å². The van der Waals surface area contributed by atoms with Gasteiger partial charge in [0.15, 0.2) is 0 Å². The number of hydrazone groups is 1. The quantitative estimate of drug-likeness (QED) is 0.229. The lowest BCUT2D eigenvalue weighted by atomic mass is 9.55. The zero-order valence-electron chi connectivity index (χ0n) is 20.4. The van der Waals surface area contributed by atoms with Crippen LogP contribution in [0.15, 0.2) is 88.4 Å². The summed E-state index contributed by atoms with van der Waals surface area (Å²) in [6, 6.07) is 26.7. The smallest absolute Gasteiger partial charge is 0.254 e. The Hall–Kier alpha value is -3.77. The van der Waals surface area contributed by atoms with E-state index in [1.165, 1.54) is 0 Å². The second-order valence-corrected chi connectivity index (χ2v) is 11.1. The minimum absolute atomic E-state index is 0.124. The van der Waals surface area contributed by atoms with Crippen LogP contribution in [0.2, 0.25) is 0 Å². The molecule has 37 heavy (non-hydrogen) atoms. The molecule has 2 atom stereocenters. The molecule has 0 N–H and O–H groups in total. The van der Waals surface area contributed by atoms with Crippen LogP contribution in [0.3, 0.4) is 0 Å². The average molecular weight is 550 g/mol. The lowest BCUT2D eigenvalue weighted by molar-refractivity contribution is -0.139. The third-order valence-electron chi connectivity index (χ3n) is 8.27. The molecule has 0 spiro atoms. The maximum absolute atomic E-state index is 13.8. The number of benzene rings is 3. The van der Waals surface area contributed by atoms with Gasteiger partial charge >= 0.3 is 0 Å². The first-order valence-electron chi connectivity index (χ1n) is 12.5. The molecular weight excluding hydrogens is 526 g/mol. The van der Waals surface area contributed by atoms with Gasteiger partial charge in [-0.15, -0.1) is 0 Å². The van der Waals surface area contributed by atoms with E-state index in [0.29, 0.717) is 0 Å². The van der Waals surface area contributed by atoms with Gasteiger partial charge in [0, 0.05) is 38.9 Å². The summed E-state index contributed by atoms with van der Waals surface area (Å²) in [4.78, 5) is 27.6. The van der Waals surface area contributed by atoms with Crippen molar-refractivity contribution in [1.82, 2.24) is 9.58 Å². The number of carbonyl (C=O) groups excluding carboxylic acids is 2. The lowest BCUT2D eigenvalue weighted by Gasteiger charge is -2.45. The number of aryl methyl sites for hydroxylation is 1. The molecule has 4 aromatic rings. The number of carbonyl (C=O) groups is 2. The Morgan fingerprint density at radius 3 is 1.81 bits per heavy atom. The molecule has 3 aromatic carbocycles. The molecule has 1 aliphatic heterocycles. The molecule has 5 nitrogen and oxygen atoms in total. The summed E-state index contributed by atoms with van der Waals surface area (Å²) >= 11 is 3.55. The summed E-state index contributed by atoms with van der Waals surface area (Å²) in [6.45, 7) is 4.06. The van der Waals surface area contributed by atoms with E-state index in [1.54, 1.807) is 6.21 Å². The van der Waals surface area contributed by atoms with Crippen LogP contribution in [0.4, 0.5) is 0 Å². The molecule has 2 amide bonds. The Bertz CT molecular complexity index is 1540. The largest absolute Gasteiger partial charge is 0.318 e. The van der Waals surface area contributed by atoms with Crippen molar-refractivity contribution in [3.63, 3.8) is 0 Å². The van der Waals surface area contributed by atoms with Crippen molar-refractivity contribution in [2.75, 3.05) is 0 Å². The number of hydrogen-bond acceptors (Lipinski definition) is 3. The highest BCUT2D eigenvalue weighted by Crippen LogP contribution is 2.60. The molecule has 6 heteroatoms. The van der Waals surface area contributed by atoms with Gasteiger partial charge in [0.2, 0.25) is 0 Å². The van der Waals surface area contributed by atoms with E-state index in [-0.39, 0.29) is 23.7 Å². The van der Waals surface area contributed by atoms with Crippen LogP contribution >= 0.6 is 15.9 Å². The Morgan fingerprint density at radius 2 is 1.30 bits per heavy atom. The fraction of sp³-hybridized carbons (Fsp3) is 0.194. The molecule has 8 rings (SSSR count). The highest BCUT2D eigenvalue weighted by Gasteiger charge is 2.61. The Morgan fingerprint density at radius 1 is 0.757 bits per heavy atom. The molecule has 1 aromatic heterocycles. The predicted molar refractivity (Wildman–Crippen MR) is 146 cm³/mol. The second kappa shape index (κ2) is 8.12. The molecule has 0 saturated carbocycles. The van der Waals surface area contributed by atoms with Crippen LogP contribution in [-0.4, -0.2) is 27.6 Å². The molecule has 4 aliphatic rings. The summed E-state index contributed by atoms with van der Waals surface area (Å²) in [5, 5.41) is 5.65. The summed E-state index contributed by atoms with van der Waals surface area (Å²) in [6.07, 6.45) is 1.66. The third kappa shape index (κ3) is 3.12. The van der Waals surface area contributed by atoms with E-state index in [4.69, 9.17) is 0 Å². The molecule has 0 radical (unpaired) electrons. The highest BCUT2D eigenvalue weighted by atomic mass is 79.9. The molecule has 2 heterocycles. The molecular formula is C31H24BrN3O2. The number of hydrogen-bond donors (Lipinski definition) is 0.